The molecule has 0 spiro atoms. The van der Waals surface area contributed by atoms with Crippen molar-refractivity contribution in [3.05, 3.63) is 103 Å². The van der Waals surface area contributed by atoms with Crippen molar-refractivity contribution >= 4 is 37.9 Å². The van der Waals surface area contributed by atoms with Gasteiger partial charge in [0.05, 0.1) is 11.2 Å². The number of hydrogen-bond acceptors (Lipinski definition) is 4. The number of aromatic nitrogens is 2. The van der Waals surface area contributed by atoms with Gasteiger partial charge in [-0.3, -0.25) is 9.97 Å². The second-order valence-electron chi connectivity index (χ2n) is 7.09. The van der Waals surface area contributed by atoms with Crippen LogP contribution in [0.5, 0.6) is 11.5 Å². The van der Waals surface area contributed by atoms with E-state index in [1.807, 2.05) is 69.3 Å². The average molecular weight is 444 g/mol. The molecule has 5 rings (SSSR count). The van der Waals surface area contributed by atoms with Gasteiger partial charge < -0.3 is 10.2 Å². The summed E-state index contributed by atoms with van der Waals surface area (Å²) in [6, 6.07) is 22.1. The van der Waals surface area contributed by atoms with E-state index in [0.29, 0.717) is 11.3 Å². The second-order valence-corrected chi connectivity index (χ2v) is 7.09. The Morgan fingerprint density at radius 2 is 1.35 bits per heavy atom. The third-order valence-corrected chi connectivity index (χ3v) is 5.11. The molecule has 0 saturated carbocycles. The summed E-state index contributed by atoms with van der Waals surface area (Å²) in [5, 5.41) is 26.3. The number of benzene rings is 3. The van der Waals surface area contributed by atoms with E-state index in [0.717, 1.165) is 32.8 Å². The first-order chi connectivity index (χ1) is 16.1. The third-order valence-electron chi connectivity index (χ3n) is 5.11. The maximum Gasteiger partial charge on any atom is 2.00 e. The van der Waals surface area contributed by atoms with Crippen LogP contribution in [0.4, 0.5) is 0 Å². The molecule has 2 aromatic heterocycles. The zero-order valence-corrected chi connectivity index (χ0v) is 19.8. The first-order valence-electron chi connectivity index (χ1n) is 10.9. The minimum absolute atomic E-state index is 0. The molecule has 0 aliphatic rings. The molecule has 0 saturated heterocycles. The Kier molecular flexibility index (Phi) is 9.48. The smallest absolute Gasteiger partial charge is 0.872 e. The second kappa shape index (κ2) is 12.3. The molecule has 0 unspecified atom stereocenters. The molecule has 0 atom stereocenters. The number of rotatable bonds is 2. The maximum absolute atomic E-state index is 11.8. The van der Waals surface area contributed by atoms with Gasteiger partial charge in [-0.15, -0.1) is 0 Å². The fraction of sp³-hybridized carbons (Fsp3) is 0.103. The van der Waals surface area contributed by atoms with Crippen LogP contribution in [0.25, 0.3) is 39.0 Å². The van der Waals surface area contributed by atoms with Gasteiger partial charge in [0, 0.05) is 28.7 Å². The van der Waals surface area contributed by atoms with Gasteiger partial charge in [-0.1, -0.05) is 98.7 Å². The zero-order chi connectivity index (χ0) is 23.8. The predicted molar refractivity (Wildman–Crippen MR) is 140 cm³/mol. The topological polar surface area (TPSA) is 71.9 Å². The standard InChI is InChI=1S/C14H13NO.C13H9NO.C2H6.Be/c1-3-11-7-5-9-15-14(11)13-10(2)6-4-8-12(13)16;15-11-5-1-3-9-6-7-10-4-2-8-14-13(10)12(9)11;1-2;/h3-9,16H,1H2,2H3;1-8,15H;1-2H3;/q;;;+2/p-2. The molecule has 0 aliphatic carbocycles. The van der Waals surface area contributed by atoms with E-state index in [1.54, 1.807) is 42.7 Å². The van der Waals surface area contributed by atoms with Gasteiger partial charge in [0.1, 0.15) is 0 Å². The fourth-order valence-electron chi connectivity index (χ4n) is 3.62. The van der Waals surface area contributed by atoms with Crippen LogP contribution in [0.3, 0.4) is 0 Å². The van der Waals surface area contributed by atoms with Crippen LogP contribution in [0.1, 0.15) is 25.0 Å². The molecule has 0 radical (unpaired) electrons. The zero-order valence-electron chi connectivity index (χ0n) is 19.8. The molecule has 0 aliphatic heterocycles. The Balaban J connectivity index is 0.000000218. The molecule has 2 heterocycles. The van der Waals surface area contributed by atoms with Gasteiger partial charge in [0.25, 0.3) is 0 Å². The van der Waals surface area contributed by atoms with Crippen LogP contribution in [0, 0.1) is 6.92 Å². The molecule has 5 heteroatoms. The van der Waals surface area contributed by atoms with E-state index in [-0.39, 0.29) is 21.6 Å². The monoisotopic (exact) mass is 443 g/mol. The molecule has 0 fully saturated rings. The Labute approximate surface area is 204 Å². The van der Waals surface area contributed by atoms with Gasteiger partial charge >= 0.3 is 10.1 Å². The summed E-state index contributed by atoms with van der Waals surface area (Å²) in [7, 11) is 0. The molecule has 5 aromatic rings. The third kappa shape index (κ3) is 5.48. The average Bonchev–Trinajstić information content (AvgIpc) is 2.86. The van der Waals surface area contributed by atoms with Crippen molar-refractivity contribution in [2.24, 2.45) is 0 Å². The van der Waals surface area contributed by atoms with E-state index in [1.165, 1.54) is 0 Å². The van der Waals surface area contributed by atoms with Gasteiger partial charge in [-0.25, -0.2) is 0 Å². The summed E-state index contributed by atoms with van der Waals surface area (Å²) in [6.45, 7) is 9.65. The largest absolute Gasteiger partial charge is 2.00 e. The van der Waals surface area contributed by atoms with Gasteiger partial charge in [0.15, 0.2) is 0 Å². The summed E-state index contributed by atoms with van der Waals surface area (Å²) in [5.41, 5.74) is 3.99. The minimum Gasteiger partial charge on any atom is -0.872 e. The van der Waals surface area contributed by atoms with Crippen molar-refractivity contribution in [2.45, 2.75) is 20.8 Å². The number of pyridine rings is 2. The van der Waals surface area contributed by atoms with Crippen molar-refractivity contribution in [1.29, 1.82) is 0 Å². The summed E-state index contributed by atoms with van der Waals surface area (Å²) in [4.78, 5) is 8.54. The molecule has 3 aromatic carbocycles. The van der Waals surface area contributed by atoms with Crippen molar-refractivity contribution in [2.75, 3.05) is 0 Å². The van der Waals surface area contributed by atoms with Crippen molar-refractivity contribution in [3.63, 3.8) is 0 Å². The maximum atomic E-state index is 11.8. The van der Waals surface area contributed by atoms with E-state index < -0.39 is 0 Å². The number of aryl methyl sites for hydroxylation is 1. The van der Waals surface area contributed by atoms with Crippen LogP contribution < -0.4 is 10.2 Å². The van der Waals surface area contributed by atoms with Gasteiger partial charge in [-0.05, 0) is 35.6 Å². The summed E-state index contributed by atoms with van der Waals surface area (Å²) in [5.74, 6) is 0.0404. The van der Waals surface area contributed by atoms with Crippen LogP contribution in [-0.2, 0) is 0 Å². The van der Waals surface area contributed by atoms with Crippen molar-refractivity contribution in [1.82, 2.24) is 9.97 Å². The Bertz CT molecular complexity index is 1380. The van der Waals surface area contributed by atoms with Crippen molar-refractivity contribution < 1.29 is 10.2 Å². The SMILES string of the molecule is C=Cc1cccnc1-c1c(C)cccc1[O-].CC.[Be+2].[O-]c1cccc2ccc3cccnc3c12. The molecular formula is C29H26BeN2O2. The number of nitrogens with zero attached hydrogens (tertiary/aromatic N) is 2. The van der Waals surface area contributed by atoms with Crippen LogP contribution in [0.2, 0.25) is 0 Å². The summed E-state index contributed by atoms with van der Waals surface area (Å²) in [6.07, 6.45) is 5.12. The van der Waals surface area contributed by atoms with Gasteiger partial charge in [-0.2, -0.15) is 0 Å². The molecule has 0 bridgehead atoms. The quantitative estimate of drug-likeness (QED) is 0.252. The Morgan fingerprint density at radius 1 is 0.735 bits per heavy atom. The van der Waals surface area contributed by atoms with E-state index >= 15 is 0 Å². The first kappa shape index (κ1) is 26.2. The van der Waals surface area contributed by atoms with Crippen molar-refractivity contribution in [3.8, 4) is 22.8 Å². The Morgan fingerprint density at radius 3 is 2.09 bits per heavy atom. The van der Waals surface area contributed by atoms with Crippen LogP contribution >= 0.6 is 0 Å². The summed E-state index contributed by atoms with van der Waals surface area (Å²) >= 11 is 0. The fourth-order valence-corrected chi connectivity index (χ4v) is 3.62. The van der Waals surface area contributed by atoms with E-state index in [9.17, 15) is 10.2 Å². The molecule has 4 nitrogen and oxygen atoms in total. The number of fused-ring (bicyclic) bond motifs is 3. The molecule has 0 N–H and O–H groups in total. The van der Waals surface area contributed by atoms with Gasteiger partial charge in [0.2, 0.25) is 0 Å². The predicted octanol–water partition coefficient (Wildman–Crippen LogP) is 5.88. The molecule has 34 heavy (non-hydrogen) atoms. The van der Waals surface area contributed by atoms with Crippen LogP contribution in [0.15, 0.2) is 91.8 Å². The Hall–Kier alpha value is -4.01. The molecule has 166 valence electrons. The van der Waals surface area contributed by atoms with E-state index in [2.05, 4.69) is 16.5 Å². The molecular weight excluding hydrogens is 417 g/mol. The summed E-state index contributed by atoms with van der Waals surface area (Å²) < 4.78 is 0. The normalized spacial score (nSPS) is 9.74. The number of hydrogen-bond donors (Lipinski definition) is 0. The minimum atomic E-state index is 0. The van der Waals surface area contributed by atoms with Crippen LogP contribution in [-0.4, -0.2) is 20.1 Å². The van der Waals surface area contributed by atoms with E-state index in [4.69, 9.17) is 0 Å². The first-order valence-corrected chi connectivity index (χ1v) is 10.9. The molecule has 0 amide bonds.